The summed E-state index contributed by atoms with van der Waals surface area (Å²) in [5.41, 5.74) is 2.46. The van der Waals surface area contributed by atoms with Gasteiger partial charge in [-0.1, -0.05) is 69.3 Å². The molecule has 4 aromatic rings. The van der Waals surface area contributed by atoms with E-state index in [0.29, 0.717) is 16.8 Å². The number of amides is 1. The number of nitro groups is 1. The SMILES string of the molecule is CC(C)(C)c1ccc(C(=O)Nc2cccc(C(=O)O[C@@H](C(=O)c3ccccc3)c3ccc([N+](=O)[O-])cc3)c2)cc1. The molecule has 0 saturated carbocycles. The Kier molecular flexibility index (Phi) is 8.19. The van der Waals surface area contributed by atoms with Gasteiger partial charge in [-0.05, 0) is 53.4 Å². The fraction of sp³-hybridized carbons (Fsp3) is 0.156. The van der Waals surface area contributed by atoms with E-state index in [4.69, 9.17) is 4.74 Å². The first-order valence-corrected chi connectivity index (χ1v) is 12.6. The Morgan fingerprint density at radius 3 is 2.00 bits per heavy atom. The summed E-state index contributed by atoms with van der Waals surface area (Å²) >= 11 is 0. The number of carbonyl (C=O) groups is 3. The van der Waals surface area contributed by atoms with Gasteiger partial charge in [0.1, 0.15) is 0 Å². The van der Waals surface area contributed by atoms with E-state index in [0.717, 1.165) is 5.56 Å². The van der Waals surface area contributed by atoms with Gasteiger partial charge in [0.2, 0.25) is 5.78 Å². The normalized spacial score (nSPS) is 11.8. The maximum atomic E-state index is 13.3. The van der Waals surface area contributed by atoms with Gasteiger partial charge in [-0.25, -0.2) is 4.79 Å². The van der Waals surface area contributed by atoms with Crippen LogP contribution in [0.3, 0.4) is 0 Å². The predicted octanol–water partition coefficient (Wildman–Crippen LogP) is 6.93. The second kappa shape index (κ2) is 11.7. The lowest BCUT2D eigenvalue weighted by atomic mass is 9.87. The van der Waals surface area contributed by atoms with Crippen LogP contribution in [0.25, 0.3) is 0 Å². The first-order chi connectivity index (χ1) is 19.0. The average Bonchev–Trinajstić information content (AvgIpc) is 2.95. The summed E-state index contributed by atoms with van der Waals surface area (Å²) in [7, 11) is 0. The molecule has 0 bridgehead atoms. The highest BCUT2D eigenvalue weighted by Gasteiger charge is 2.27. The van der Waals surface area contributed by atoms with E-state index in [1.54, 1.807) is 54.6 Å². The van der Waals surface area contributed by atoms with E-state index in [-0.39, 0.29) is 28.1 Å². The molecule has 0 spiro atoms. The number of nitrogens with zero attached hydrogens (tertiary/aromatic N) is 1. The Balaban J connectivity index is 1.55. The number of ketones is 1. The van der Waals surface area contributed by atoms with Crippen LogP contribution in [0.5, 0.6) is 0 Å². The number of ether oxygens (including phenoxy) is 1. The summed E-state index contributed by atoms with van der Waals surface area (Å²) in [6, 6.07) is 27.1. The first-order valence-electron chi connectivity index (χ1n) is 12.6. The van der Waals surface area contributed by atoms with Crippen molar-refractivity contribution in [3.05, 3.63) is 141 Å². The van der Waals surface area contributed by atoms with Crippen LogP contribution in [0.4, 0.5) is 11.4 Å². The van der Waals surface area contributed by atoms with Crippen molar-refractivity contribution in [2.45, 2.75) is 32.3 Å². The summed E-state index contributed by atoms with van der Waals surface area (Å²) in [5.74, 6) is -1.61. The van der Waals surface area contributed by atoms with Crippen molar-refractivity contribution in [2.75, 3.05) is 5.32 Å². The van der Waals surface area contributed by atoms with Gasteiger partial charge >= 0.3 is 5.97 Å². The number of benzene rings is 4. The molecule has 0 aliphatic heterocycles. The van der Waals surface area contributed by atoms with E-state index >= 15 is 0 Å². The van der Waals surface area contributed by atoms with E-state index in [1.807, 2.05) is 12.1 Å². The molecule has 1 amide bonds. The number of Topliss-reactive ketones (excluding diaryl/α,β-unsaturated/α-hetero) is 1. The van der Waals surface area contributed by atoms with Gasteiger partial charge in [-0.2, -0.15) is 0 Å². The number of nitro benzene ring substituents is 1. The number of nitrogens with one attached hydrogen (secondary N) is 1. The lowest BCUT2D eigenvalue weighted by Crippen LogP contribution is -2.20. The summed E-state index contributed by atoms with van der Waals surface area (Å²) in [5, 5.41) is 13.9. The Bertz CT molecular complexity index is 1540. The van der Waals surface area contributed by atoms with Crippen LogP contribution in [-0.4, -0.2) is 22.6 Å². The van der Waals surface area contributed by atoms with E-state index in [1.165, 1.54) is 36.4 Å². The van der Waals surface area contributed by atoms with Crippen molar-refractivity contribution >= 4 is 29.0 Å². The molecule has 0 aromatic heterocycles. The molecule has 8 nitrogen and oxygen atoms in total. The zero-order valence-corrected chi connectivity index (χ0v) is 22.3. The third-order valence-corrected chi connectivity index (χ3v) is 6.30. The van der Waals surface area contributed by atoms with Gasteiger partial charge in [0.05, 0.1) is 10.5 Å². The van der Waals surface area contributed by atoms with Crippen molar-refractivity contribution in [1.82, 2.24) is 0 Å². The van der Waals surface area contributed by atoms with Crippen LogP contribution in [0.15, 0.2) is 103 Å². The van der Waals surface area contributed by atoms with Gasteiger partial charge in [-0.15, -0.1) is 0 Å². The van der Waals surface area contributed by atoms with Gasteiger partial charge in [-0.3, -0.25) is 19.7 Å². The van der Waals surface area contributed by atoms with E-state index in [2.05, 4.69) is 26.1 Å². The minimum Gasteiger partial charge on any atom is -0.445 e. The highest BCUT2D eigenvalue weighted by Crippen LogP contribution is 2.27. The van der Waals surface area contributed by atoms with Crippen LogP contribution in [0.2, 0.25) is 0 Å². The molecule has 202 valence electrons. The van der Waals surface area contributed by atoms with Crippen molar-refractivity contribution in [1.29, 1.82) is 0 Å². The second-order valence-corrected chi connectivity index (χ2v) is 10.2. The number of hydrogen-bond acceptors (Lipinski definition) is 6. The number of hydrogen-bond donors (Lipinski definition) is 1. The minimum absolute atomic E-state index is 0.0437. The molecule has 4 rings (SSSR count). The van der Waals surface area contributed by atoms with Crippen LogP contribution in [0, 0.1) is 10.1 Å². The Morgan fingerprint density at radius 1 is 0.775 bits per heavy atom. The molecule has 0 saturated heterocycles. The first kappa shape index (κ1) is 27.9. The average molecular weight is 537 g/mol. The maximum absolute atomic E-state index is 13.3. The van der Waals surface area contributed by atoms with Crippen LogP contribution in [0.1, 0.15) is 69.1 Å². The molecule has 0 fully saturated rings. The van der Waals surface area contributed by atoms with Gasteiger partial charge in [0, 0.05) is 34.5 Å². The number of anilines is 1. The zero-order valence-electron chi connectivity index (χ0n) is 22.3. The molecule has 0 radical (unpaired) electrons. The quantitative estimate of drug-likeness (QED) is 0.113. The van der Waals surface area contributed by atoms with Crippen molar-refractivity contribution < 1.29 is 24.0 Å². The monoisotopic (exact) mass is 536 g/mol. The topological polar surface area (TPSA) is 116 Å². The van der Waals surface area contributed by atoms with Crippen molar-refractivity contribution in [3.63, 3.8) is 0 Å². The maximum Gasteiger partial charge on any atom is 0.339 e. The van der Waals surface area contributed by atoms with Crippen LogP contribution >= 0.6 is 0 Å². The van der Waals surface area contributed by atoms with Crippen molar-refractivity contribution in [2.24, 2.45) is 0 Å². The molecule has 4 aromatic carbocycles. The number of esters is 1. The number of non-ortho nitro benzene ring substituents is 1. The molecular formula is C32H28N2O6. The third-order valence-electron chi connectivity index (χ3n) is 6.30. The Hall–Kier alpha value is -5.11. The summed E-state index contributed by atoms with van der Waals surface area (Å²) in [6.07, 6.45) is -1.34. The molecule has 0 heterocycles. The Morgan fingerprint density at radius 2 is 1.40 bits per heavy atom. The third kappa shape index (κ3) is 6.66. The standard InChI is InChI=1S/C32H28N2O6/c1-32(2,3)25-16-12-23(13-17-25)30(36)33-26-11-7-10-24(20-26)31(37)40-29(28(35)21-8-5-4-6-9-21)22-14-18-27(19-15-22)34(38)39/h4-20,29H,1-3H3,(H,33,36)/t29-/m1/s1. The largest absolute Gasteiger partial charge is 0.445 e. The molecule has 0 unspecified atom stereocenters. The molecule has 0 aliphatic rings. The predicted molar refractivity (Wildman–Crippen MR) is 152 cm³/mol. The zero-order chi connectivity index (χ0) is 28.9. The fourth-order valence-corrected chi connectivity index (χ4v) is 4.02. The van der Waals surface area contributed by atoms with Crippen LogP contribution in [-0.2, 0) is 10.2 Å². The molecule has 8 heteroatoms. The molecular weight excluding hydrogens is 508 g/mol. The summed E-state index contributed by atoms with van der Waals surface area (Å²) in [6.45, 7) is 6.27. The van der Waals surface area contributed by atoms with Gasteiger partial charge < -0.3 is 10.1 Å². The fourth-order valence-electron chi connectivity index (χ4n) is 4.02. The minimum atomic E-state index is -1.34. The summed E-state index contributed by atoms with van der Waals surface area (Å²) < 4.78 is 5.66. The van der Waals surface area contributed by atoms with Crippen molar-refractivity contribution in [3.8, 4) is 0 Å². The smallest absolute Gasteiger partial charge is 0.339 e. The number of carbonyl (C=O) groups excluding carboxylic acids is 3. The van der Waals surface area contributed by atoms with Gasteiger partial charge in [0.25, 0.3) is 11.6 Å². The number of rotatable bonds is 8. The molecule has 40 heavy (non-hydrogen) atoms. The molecule has 1 N–H and O–H groups in total. The highest BCUT2D eigenvalue weighted by atomic mass is 16.6. The highest BCUT2D eigenvalue weighted by molar-refractivity contribution is 6.05. The molecule has 1 atom stereocenters. The Labute approximate surface area is 231 Å². The summed E-state index contributed by atoms with van der Waals surface area (Å²) in [4.78, 5) is 49.8. The molecule has 0 aliphatic carbocycles. The van der Waals surface area contributed by atoms with E-state index < -0.39 is 22.8 Å². The lowest BCUT2D eigenvalue weighted by Gasteiger charge is -2.19. The lowest BCUT2D eigenvalue weighted by molar-refractivity contribution is -0.384. The van der Waals surface area contributed by atoms with E-state index in [9.17, 15) is 24.5 Å². The van der Waals surface area contributed by atoms with Gasteiger partial charge in [0.15, 0.2) is 6.10 Å². The second-order valence-electron chi connectivity index (χ2n) is 10.2. The van der Waals surface area contributed by atoms with Crippen LogP contribution < -0.4 is 5.32 Å².